The van der Waals surface area contributed by atoms with Crippen LogP contribution in [0.4, 0.5) is 11.4 Å². The monoisotopic (exact) mass is 390 g/mol. The van der Waals surface area contributed by atoms with Crippen LogP contribution in [0, 0.1) is 10.1 Å². The first-order chi connectivity index (χ1) is 12.4. The molecule has 10 heteroatoms. The summed E-state index contributed by atoms with van der Waals surface area (Å²) in [6.07, 6.45) is 1.27. The lowest BCUT2D eigenvalue weighted by atomic mass is 10.2. The molecule has 0 atom stereocenters. The third-order valence-corrected chi connectivity index (χ3v) is 4.52. The summed E-state index contributed by atoms with van der Waals surface area (Å²) in [7, 11) is 0. The number of anilines is 1. The number of aromatic nitrogens is 2. The Labute approximate surface area is 155 Å². The highest BCUT2D eigenvalue weighted by atomic mass is 35.5. The molecule has 1 amide bonds. The predicted octanol–water partition coefficient (Wildman–Crippen LogP) is 3.17. The van der Waals surface area contributed by atoms with E-state index in [0.29, 0.717) is 5.69 Å². The molecule has 0 fully saturated rings. The maximum absolute atomic E-state index is 12.2. The van der Waals surface area contributed by atoms with E-state index in [9.17, 15) is 19.7 Å². The van der Waals surface area contributed by atoms with Crippen LogP contribution >= 0.6 is 22.9 Å². The highest BCUT2D eigenvalue weighted by Crippen LogP contribution is 2.27. The number of nitro groups is 1. The van der Waals surface area contributed by atoms with Crippen molar-refractivity contribution < 1.29 is 9.72 Å². The van der Waals surface area contributed by atoms with Crippen LogP contribution in [0.2, 0.25) is 5.02 Å². The Morgan fingerprint density at radius 1 is 1.35 bits per heavy atom. The largest absolute Gasteiger partial charge is 0.319 e. The number of nitrogens with one attached hydrogen (secondary N) is 1. The molecule has 1 N–H and O–H groups in total. The van der Waals surface area contributed by atoms with Crippen molar-refractivity contribution in [3.63, 3.8) is 0 Å². The molecule has 0 spiro atoms. The Bertz CT molecular complexity index is 1030. The van der Waals surface area contributed by atoms with Crippen molar-refractivity contribution in [2.24, 2.45) is 0 Å². The minimum atomic E-state index is -0.629. The molecule has 3 rings (SSSR count). The van der Waals surface area contributed by atoms with Crippen molar-refractivity contribution in [1.29, 1.82) is 0 Å². The van der Waals surface area contributed by atoms with Gasteiger partial charge in [0.1, 0.15) is 12.2 Å². The van der Waals surface area contributed by atoms with Gasteiger partial charge in [0.05, 0.1) is 21.8 Å². The van der Waals surface area contributed by atoms with Crippen LogP contribution in [0.15, 0.2) is 52.9 Å². The van der Waals surface area contributed by atoms with E-state index in [-0.39, 0.29) is 22.9 Å². The average Bonchev–Trinajstić information content (AvgIpc) is 3.11. The lowest BCUT2D eigenvalue weighted by Crippen LogP contribution is -2.27. The third kappa shape index (κ3) is 3.95. The predicted molar refractivity (Wildman–Crippen MR) is 98.5 cm³/mol. The first-order valence-corrected chi connectivity index (χ1v) is 8.54. The Morgan fingerprint density at radius 3 is 2.81 bits per heavy atom. The van der Waals surface area contributed by atoms with E-state index in [0.717, 1.165) is 9.44 Å². The smallest absolute Gasteiger partial charge is 0.292 e. The molecule has 3 aromatic rings. The zero-order chi connectivity index (χ0) is 18.7. The standard InChI is InChI=1S/C16H11ClN4O4S/c17-10-3-4-13(21(24)25)11(6-10)19-15(22)8-20-9-18-12(7-16(20)23)14-2-1-5-26-14/h1-7,9H,8H2,(H,19,22). The SMILES string of the molecule is O=C(Cn1cnc(-c2cccs2)cc1=O)Nc1cc(Cl)ccc1[N+](=O)[O-]. The summed E-state index contributed by atoms with van der Waals surface area (Å²) in [4.78, 5) is 39.7. The lowest BCUT2D eigenvalue weighted by Gasteiger charge is -2.08. The minimum absolute atomic E-state index is 0.0382. The van der Waals surface area contributed by atoms with E-state index in [1.54, 1.807) is 0 Å². The second kappa shape index (κ2) is 7.46. The molecule has 0 saturated heterocycles. The molecule has 0 unspecified atom stereocenters. The van der Waals surface area contributed by atoms with Crippen molar-refractivity contribution in [2.75, 3.05) is 5.32 Å². The fourth-order valence-corrected chi connectivity index (χ4v) is 3.08. The number of amides is 1. The molecule has 0 aliphatic rings. The summed E-state index contributed by atoms with van der Waals surface area (Å²) in [6.45, 7) is -0.333. The van der Waals surface area contributed by atoms with Crippen molar-refractivity contribution >= 4 is 40.2 Å². The van der Waals surface area contributed by atoms with Gasteiger partial charge in [-0.25, -0.2) is 4.98 Å². The van der Waals surface area contributed by atoms with Crippen molar-refractivity contribution in [3.8, 4) is 10.6 Å². The lowest BCUT2D eigenvalue weighted by molar-refractivity contribution is -0.383. The van der Waals surface area contributed by atoms with E-state index in [1.165, 1.54) is 41.9 Å². The number of halogens is 1. The first-order valence-electron chi connectivity index (χ1n) is 7.28. The molecule has 0 aliphatic heterocycles. The van der Waals surface area contributed by atoms with Gasteiger partial charge in [-0.15, -0.1) is 11.3 Å². The Kier molecular flexibility index (Phi) is 5.10. The van der Waals surface area contributed by atoms with E-state index < -0.39 is 16.4 Å². The number of nitro benzene ring substituents is 1. The van der Waals surface area contributed by atoms with Crippen LogP contribution in [0.25, 0.3) is 10.6 Å². The number of hydrogen-bond donors (Lipinski definition) is 1. The summed E-state index contributed by atoms with van der Waals surface area (Å²) in [5, 5.41) is 15.5. The Balaban J connectivity index is 1.78. The summed E-state index contributed by atoms with van der Waals surface area (Å²) in [6, 6.07) is 8.84. The molecule has 2 aromatic heterocycles. The van der Waals surface area contributed by atoms with Gasteiger partial charge in [0.2, 0.25) is 5.91 Å². The summed E-state index contributed by atoms with van der Waals surface area (Å²) in [5.41, 5.74) is -0.212. The second-order valence-electron chi connectivity index (χ2n) is 5.18. The second-order valence-corrected chi connectivity index (χ2v) is 6.57. The van der Waals surface area contributed by atoms with Crippen molar-refractivity contribution in [1.82, 2.24) is 9.55 Å². The quantitative estimate of drug-likeness (QED) is 0.531. The summed E-state index contributed by atoms with van der Waals surface area (Å²) in [5.74, 6) is -0.608. The fraction of sp³-hybridized carbons (Fsp3) is 0.0625. The molecule has 8 nitrogen and oxygen atoms in total. The van der Waals surface area contributed by atoms with Gasteiger partial charge in [-0.2, -0.15) is 0 Å². The van der Waals surface area contributed by atoms with Crippen molar-refractivity contribution in [2.45, 2.75) is 6.54 Å². The van der Waals surface area contributed by atoms with E-state index in [4.69, 9.17) is 11.6 Å². The van der Waals surface area contributed by atoms with Gasteiger partial charge in [-0.05, 0) is 23.6 Å². The zero-order valence-electron chi connectivity index (χ0n) is 13.1. The number of thiophene rings is 1. The van der Waals surface area contributed by atoms with Gasteiger partial charge >= 0.3 is 0 Å². The van der Waals surface area contributed by atoms with Gasteiger partial charge in [0.15, 0.2) is 0 Å². The molecule has 26 heavy (non-hydrogen) atoms. The van der Waals surface area contributed by atoms with E-state index in [1.807, 2.05) is 17.5 Å². The maximum atomic E-state index is 12.2. The maximum Gasteiger partial charge on any atom is 0.292 e. The number of carbonyl (C=O) groups is 1. The molecule has 0 saturated carbocycles. The van der Waals surface area contributed by atoms with Crippen LogP contribution in [-0.2, 0) is 11.3 Å². The van der Waals surface area contributed by atoms with Crippen molar-refractivity contribution in [3.05, 3.63) is 73.6 Å². The highest BCUT2D eigenvalue weighted by molar-refractivity contribution is 7.13. The fourth-order valence-electron chi connectivity index (χ4n) is 2.22. The van der Waals surface area contributed by atoms with Crippen LogP contribution < -0.4 is 10.9 Å². The molecular weight excluding hydrogens is 380 g/mol. The van der Waals surface area contributed by atoms with E-state index >= 15 is 0 Å². The normalized spacial score (nSPS) is 10.5. The topological polar surface area (TPSA) is 107 Å². The summed E-state index contributed by atoms with van der Waals surface area (Å²) < 4.78 is 1.11. The minimum Gasteiger partial charge on any atom is -0.319 e. The van der Waals surface area contributed by atoms with Gasteiger partial charge in [-0.1, -0.05) is 17.7 Å². The number of benzene rings is 1. The molecule has 0 radical (unpaired) electrons. The van der Waals surface area contributed by atoms with Crippen LogP contribution in [0.5, 0.6) is 0 Å². The third-order valence-electron chi connectivity index (χ3n) is 3.40. The molecule has 1 aromatic carbocycles. The van der Waals surface area contributed by atoms with Gasteiger partial charge in [0, 0.05) is 17.2 Å². The van der Waals surface area contributed by atoms with Gasteiger partial charge < -0.3 is 5.32 Å². The van der Waals surface area contributed by atoms with Crippen LogP contribution in [-0.4, -0.2) is 20.4 Å². The molecule has 2 heterocycles. The van der Waals surface area contributed by atoms with Gasteiger partial charge in [-0.3, -0.25) is 24.3 Å². The zero-order valence-corrected chi connectivity index (χ0v) is 14.7. The Hall–Kier alpha value is -3.04. The summed E-state index contributed by atoms with van der Waals surface area (Å²) >= 11 is 7.26. The van der Waals surface area contributed by atoms with Gasteiger partial charge in [0.25, 0.3) is 11.2 Å². The van der Waals surface area contributed by atoms with E-state index in [2.05, 4.69) is 10.3 Å². The molecule has 0 bridgehead atoms. The van der Waals surface area contributed by atoms with Crippen LogP contribution in [0.3, 0.4) is 0 Å². The number of carbonyl (C=O) groups excluding carboxylic acids is 1. The average molecular weight is 391 g/mol. The first kappa shape index (κ1) is 17.8. The molecule has 132 valence electrons. The van der Waals surface area contributed by atoms with Crippen LogP contribution in [0.1, 0.15) is 0 Å². The Morgan fingerprint density at radius 2 is 2.15 bits per heavy atom. The number of hydrogen-bond acceptors (Lipinski definition) is 6. The number of rotatable bonds is 5. The number of nitrogens with zero attached hydrogens (tertiary/aromatic N) is 3. The highest BCUT2D eigenvalue weighted by Gasteiger charge is 2.17. The molecular formula is C16H11ClN4O4S. The molecule has 0 aliphatic carbocycles.